The van der Waals surface area contributed by atoms with Gasteiger partial charge in [-0.1, -0.05) is 0 Å². The molecule has 0 bridgehead atoms. The monoisotopic (exact) mass is 223 g/mol. The van der Waals surface area contributed by atoms with E-state index in [9.17, 15) is 9.18 Å². The fraction of sp³-hybridized carbons (Fsp3) is 0.417. The van der Waals surface area contributed by atoms with Gasteiger partial charge in [-0.25, -0.2) is 4.39 Å². The maximum absolute atomic E-state index is 12.7. The van der Waals surface area contributed by atoms with Crippen molar-refractivity contribution in [3.8, 4) is 0 Å². The van der Waals surface area contributed by atoms with E-state index in [0.717, 1.165) is 6.42 Å². The molecule has 86 valence electrons. The van der Waals surface area contributed by atoms with Gasteiger partial charge in [0, 0.05) is 19.2 Å². The summed E-state index contributed by atoms with van der Waals surface area (Å²) in [6.07, 6.45) is 0.865. The fourth-order valence-corrected chi connectivity index (χ4v) is 1.79. The van der Waals surface area contributed by atoms with E-state index >= 15 is 0 Å². The molecule has 0 spiro atoms. The number of hydrogen-bond acceptors (Lipinski definition) is 2. The maximum atomic E-state index is 12.7. The molecule has 0 aromatic heterocycles. The zero-order valence-corrected chi connectivity index (χ0v) is 9.15. The first-order valence-electron chi connectivity index (χ1n) is 5.29. The van der Waals surface area contributed by atoms with Crippen molar-refractivity contribution < 1.29 is 13.9 Å². The van der Waals surface area contributed by atoms with Gasteiger partial charge in [0.05, 0.1) is 12.6 Å². The number of hydrogen-bond donors (Lipinski definition) is 0. The summed E-state index contributed by atoms with van der Waals surface area (Å²) in [5.41, 5.74) is 0.510. The number of ether oxygens (including phenoxy) is 1. The van der Waals surface area contributed by atoms with Gasteiger partial charge in [-0.2, -0.15) is 0 Å². The number of nitrogens with zero attached hydrogens (tertiary/aromatic N) is 1. The van der Waals surface area contributed by atoms with Gasteiger partial charge in [0.2, 0.25) is 0 Å². The van der Waals surface area contributed by atoms with Crippen molar-refractivity contribution in [2.24, 2.45) is 0 Å². The molecule has 1 aromatic rings. The molecular formula is C12H14FNO2. The van der Waals surface area contributed by atoms with Gasteiger partial charge in [-0.3, -0.25) is 4.79 Å². The number of rotatable bonds is 2. The van der Waals surface area contributed by atoms with Crippen LogP contribution in [0.25, 0.3) is 0 Å². The molecule has 1 heterocycles. The third-order valence-electron chi connectivity index (χ3n) is 2.86. The highest BCUT2D eigenvalue weighted by Gasteiger charge is 2.24. The lowest BCUT2D eigenvalue weighted by Gasteiger charge is -2.23. The van der Waals surface area contributed by atoms with Crippen LogP contribution in [-0.2, 0) is 4.74 Å². The van der Waals surface area contributed by atoms with Crippen molar-refractivity contribution >= 4 is 5.91 Å². The minimum atomic E-state index is -0.330. The second kappa shape index (κ2) is 4.61. The normalized spacial score (nSPS) is 19.8. The summed E-state index contributed by atoms with van der Waals surface area (Å²) in [4.78, 5) is 13.7. The van der Waals surface area contributed by atoms with E-state index in [1.807, 2.05) is 0 Å². The minimum absolute atomic E-state index is 0.0875. The summed E-state index contributed by atoms with van der Waals surface area (Å²) in [5.74, 6) is -0.418. The van der Waals surface area contributed by atoms with Crippen LogP contribution in [0.15, 0.2) is 24.3 Å². The van der Waals surface area contributed by atoms with Crippen LogP contribution in [0.3, 0.4) is 0 Å². The van der Waals surface area contributed by atoms with E-state index in [-0.39, 0.29) is 17.8 Å². The average molecular weight is 223 g/mol. The largest absolute Gasteiger partial charge is 0.379 e. The maximum Gasteiger partial charge on any atom is 0.253 e. The average Bonchev–Trinajstić information content (AvgIpc) is 2.81. The molecular weight excluding hydrogens is 209 g/mol. The van der Waals surface area contributed by atoms with Crippen LogP contribution in [0.5, 0.6) is 0 Å². The van der Waals surface area contributed by atoms with E-state index < -0.39 is 0 Å². The highest BCUT2D eigenvalue weighted by molar-refractivity contribution is 5.94. The SMILES string of the molecule is CN(C(=O)c1ccc(F)cc1)[C@@H]1CCOC1. The predicted octanol–water partition coefficient (Wildman–Crippen LogP) is 1.69. The second-order valence-electron chi connectivity index (χ2n) is 3.94. The molecule has 16 heavy (non-hydrogen) atoms. The van der Waals surface area contributed by atoms with Gasteiger partial charge in [0.1, 0.15) is 5.82 Å². The third-order valence-corrected chi connectivity index (χ3v) is 2.86. The Hall–Kier alpha value is -1.42. The molecule has 3 nitrogen and oxygen atoms in total. The lowest BCUT2D eigenvalue weighted by molar-refractivity contribution is 0.0711. The molecule has 1 aromatic carbocycles. The second-order valence-corrected chi connectivity index (χ2v) is 3.94. The molecule has 1 aliphatic rings. The highest BCUT2D eigenvalue weighted by Crippen LogP contribution is 2.14. The summed E-state index contributed by atoms with van der Waals surface area (Å²) >= 11 is 0. The summed E-state index contributed by atoms with van der Waals surface area (Å²) in [6.45, 7) is 1.29. The molecule has 0 unspecified atom stereocenters. The minimum Gasteiger partial charge on any atom is -0.379 e. The van der Waals surface area contributed by atoms with Gasteiger partial charge < -0.3 is 9.64 Å². The van der Waals surface area contributed by atoms with E-state index in [2.05, 4.69) is 0 Å². The van der Waals surface area contributed by atoms with Crippen molar-refractivity contribution in [2.45, 2.75) is 12.5 Å². The lowest BCUT2D eigenvalue weighted by Crippen LogP contribution is -2.37. The number of halogens is 1. The van der Waals surface area contributed by atoms with Crippen molar-refractivity contribution in [1.82, 2.24) is 4.90 Å². The standard InChI is InChI=1S/C12H14FNO2/c1-14(11-6-7-16-8-11)12(15)9-2-4-10(13)5-3-9/h2-5,11H,6-8H2,1H3/t11-/m1/s1. The van der Waals surface area contributed by atoms with Gasteiger partial charge in [0.25, 0.3) is 5.91 Å². The summed E-state index contributed by atoms with van der Waals surface area (Å²) in [5, 5.41) is 0. The van der Waals surface area contributed by atoms with E-state index in [4.69, 9.17) is 4.74 Å². The van der Waals surface area contributed by atoms with Crippen LogP contribution >= 0.6 is 0 Å². The molecule has 1 aliphatic heterocycles. The van der Waals surface area contributed by atoms with Crippen LogP contribution < -0.4 is 0 Å². The first kappa shape index (κ1) is 11.1. The number of benzene rings is 1. The Balaban J connectivity index is 2.08. The molecule has 0 aliphatic carbocycles. The van der Waals surface area contributed by atoms with Crippen molar-refractivity contribution in [3.63, 3.8) is 0 Å². The van der Waals surface area contributed by atoms with Gasteiger partial charge >= 0.3 is 0 Å². The quantitative estimate of drug-likeness (QED) is 0.763. The van der Waals surface area contributed by atoms with Gasteiger partial charge in [0.15, 0.2) is 0 Å². The zero-order chi connectivity index (χ0) is 11.5. The van der Waals surface area contributed by atoms with Gasteiger partial charge in [-0.05, 0) is 30.7 Å². The van der Waals surface area contributed by atoms with E-state index in [1.165, 1.54) is 24.3 Å². The van der Waals surface area contributed by atoms with Crippen LogP contribution in [0.1, 0.15) is 16.8 Å². The third kappa shape index (κ3) is 2.22. The van der Waals surface area contributed by atoms with Crippen molar-refractivity contribution in [1.29, 1.82) is 0 Å². The molecule has 0 N–H and O–H groups in total. The van der Waals surface area contributed by atoms with Crippen molar-refractivity contribution in [3.05, 3.63) is 35.6 Å². The molecule has 4 heteroatoms. The summed E-state index contributed by atoms with van der Waals surface area (Å²) in [6, 6.07) is 5.74. The zero-order valence-electron chi connectivity index (χ0n) is 9.15. The number of carbonyl (C=O) groups excluding carboxylic acids is 1. The van der Waals surface area contributed by atoms with Crippen LogP contribution in [0, 0.1) is 5.82 Å². The predicted molar refractivity (Wildman–Crippen MR) is 57.7 cm³/mol. The number of carbonyl (C=O) groups is 1. The van der Waals surface area contributed by atoms with Crippen LogP contribution in [0.2, 0.25) is 0 Å². The first-order valence-corrected chi connectivity index (χ1v) is 5.29. The molecule has 0 radical (unpaired) electrons. The molecule has 1 amide bonds. The smallest absolute Gasteiger partial charge is 0.253 e. The molecule has 1 saturated heterocycles. The molecule has 2 rings (SSSR count). The van der Waals surface area contributed by atoms with Crippen LogP contribution in [0.4, 0.5) is 4.39 Å². The summed E-state index contributed by atoms with van der Waals surface area (Å²) in [7, 11) is 1.75. The van der Waals surface area contributed by atoms with Crippen molar-refractivity contribution in [2.75, 3.05) is 20.3 Å². The Bertz CT molecular complexity index is 371. The summed E-state index contributed by atoms with van der Waals surface area (Å²) < 4.78 is 17.9. The Kier molecular flexibility index (Phi) is 3.19. The molecule has 1 atom stereocenters. The molecule has 1 fully saturated rings. The lowest BCUT2D eigenvalue weighted by atomic mass is 10.1. The topological polar surface area (TPSA) is 29.5 Å². The molecule has 0 saturated carbocycles. The van der Waals surface area contributed by atoms with Gasteiger partial charge in [-0.15, -0.1) is 0 Å². The highest BCUT2D eigenvalue weighted by atomic mass is 19.1. The Morgan fingerprint density at radius 2 is 2.12 bits per heavy atom. The Morgan fingerprint density at radius 1 is 1.44 bits per heavy atom. The number of amides is 1. The van der Waals surface area contributed by atoms with E-state index in [1.54, 1.807) is 11.9 Å². The number of likely N-dealkylation sites (N-methyl/N-ethyl adjacent to an activating group) is 1. The Morgan fingerprint density at radius 3 is 2.69 bits per heavy atom. The Labute approximate surface area is 93.8 Å². The first-order chi connectivity index (χ1) is 7.68. The van der Waals surface area contributed by atoms with E-state index in [0.29, 0.717) is 18.8 Å². The fourth-order valence-electron chi connectivity index (χ4n) is 1.79. The van der Waals surface area contributed by atoms with Crippen LogP contribution in [-0.4, -0.2) is 37.1 Å².